The highest BCUT2D eigenvalue weighted by molar-refractivity contribution is 5.76. The fraction of sp³-hybridized carbons (Fsp3) is 0.100. The van der Waals surface area contributed by atoms with Gasteiger partial charge in [0.1, 0.15) is 5.82 Å². The molecule has 0 unspecified atom stereocenters. The van der Waals surface area contributed by atoms with Gasteiger partial charge in [-0.1, -0.05) is 0 Å². The van der Waals surface area contributed by atoms with Crippen LogP contribution in [0.2, 0.25) is 0 Å². The van der Waals surface area contributed by atoms with Gasteiger partial charge in [0.05, 0.1) is 5.56 Å². The first-order valence-corrected chi connectivity index (χ1v) is 4.26. The van der Waals surface area contributed by atoms with Crippen molar-refractivity contribution in [3.8, 4) is 11.5 Å². The highest BCUT2D eigenvalue weighted by Gasteiger charge is 2.09. The lowest BCUT2D eigenvalue weighted by Crippen LogP contribution is -1.88. The van der Waals surface area contributed by atoms with Crippen LogP contribution in [0.15, 0.2) is 22.6 Å². The zero-order valence-electron chi connectivity index (χ0n) is 7.90. The van der Waals surface area contributed by atoms with E-state index in [1.807, 2.05) is 0 Å². The van der Waals surface area contributed by atoms with Crippen LogP contribution >= 0.6 is 0 Å². The van der Waals surface area contributed by atoms with Crippen molar-refractivity contribution >= 4 is 6.29 Å². The summed E-state index contributed by atoms with van der Waals surface area (Å²) in [6.07, 6.45) is 0.457. The fourth-order valence-corrected chi connectivity index (χ4v) is 1.17. The molecule has 2 aromatic rings. The Morgan fingerprint density at radius 3 is 2.73 bits per heavy atom. The van der Waals surface area contributed by atoms with Crippen LogP contribution in [0.1, 0.15) is 16.2 Å². The number of aryl methyl sites for hydroxylation is 1. The third kappa shape index (κ3) is 1.76. The third-order valence-electron chi connectivity index (χ3n) is 1.90. The van der Waals surface area contributed by atoms with E-state index in [0.717, 1.165) is 0 Å². The molecule has 15 heavy (non-hydrogen) atoms. The lowest BCUT2D eigenvalue weighted by Gasteiger charge is -1.97. The lowest BCUT2D eigenvalue weighted by atomic mass is 10.1. The molecule has 0 fully saturated rings. The Morgan fingerprint density at radius 2 is 2.20 bits per heavy atom. The average molecular weight is 206 g/mol. The minimum Gasteiger partial charge on any atom is -0.421 e. The van der Waals surface area contributed by atoms with E-state index >= 15 is 0 Å². The number of hydrogen-bond donors (Lipinski definition) is 0. The first-order chi connectivity index (χ1) is 7.20. The number of aromatic nitrogens is 2. The molecule has 0 aliphatic carbocycles. The van der Waals surface area contributed by atoms with Crippen LogP contribution in [-0.2, 0) is 0 Å². The summed E-state index contributed by atoms with van der Waals surface area (Å²) in [6.45, 7) is 1.65. The molecule has 0 N–H and O–H groups in total. The van der Waals surface area contributed by atoms with Crippen LogP contribution < -0.4 is 0 Å². The molecule has 1 aromatic carbocycles. The summed E-state index contributed by atoms with van der Waals surface area (Å²) < 4.78 is 18.3. The highest BCUT2D eigenvalue weighted by atomic mass is 19.1. The second-order valence-electron chi connectivity index (χ2n) is 2.98. The number of rotatable bonds is 2. The van der Waals surface area contributed by atoms with Gasteiger partial charge in [0.25, 0.3) is 0 Å². The van der Waals surface area contributed by atoms with Gasteiger partial charge in [0.15, 0.2) is 6.29 Å². The summed E-state index contributed by atoms with van der Waals surface area (Å²) in [6, 6.07) is 4.12. The molecule has 0 saturated carbocycles. The van der Waals surface area contributed by atoms with E-state index in [0.29, 0.717) is 17.7 Å². The van der Waals surface area contributed by atoms with Crippen molar-refractivity contribution in [2.45, 2.75) is 6.92 Å². The largest absolute Gasteiger partial charge is 0.421 e. The van der Waals surface area contributed by atoms with Crippen molar-refractivity contribution in [1.82, 2.24) is 10.2 Å². The van der Waals surface area contributed by atoms with E-state index in [2.05, 4.69) is 10.2 Å². The molecule has 1 aromatic heterocycles. The molecule has 0 bridgehead atoms. The molecule has 0 saturated heterocycles. The maximum Gasteiger partial charge on any atom is 0.247 e. The lowest BCUT2D eigenvalue weighted by molar-refractivity contribution is 0.112. The molecule has 0 aliphatic rings. The quantitative estimate of drug-likeness (QED) is 0.705. The predicted octanol–water partition coefficient (Wildman–Crippen LogP) is 2.00. The molecular weight excluding hydrogens is 199 g/mol. The predicted molar refractivity (Wildman–Crippen MR) is 49.8 cm³/mol. The van der Waals surface area contributed by atoms with Crippen LogP contribution in [0.5, 0.6) is 0 Å². The topological polar surface area (TPSA) is 56.0 Å². The van der Waals surface area contributed by atoms with E-state index in [-0.39, 0.29) is 11.5 Å². The number of benzene rings is 1. The molecule has 0 spiro atoms. The van der Waals surface area contributed by atoms with Gasteiger partial charge in [-0.05, 0) is 18.2 Å². The van der Waals surface area contributed by atoms with Gasteiger partial charge in [-0.15, -0.1) is 10.2 Å². The number of carbonyl (C=O) groups excluding carboxylic acids is 1. The normalized spacial score (nSPS) is 10.3. The van der Waals surface area contributed by atoms with E-state index in [9.17, 15) is 9.18 Å². The number of hydrogen-bond acceptors (Lipinski definition) is 4. The summed E-state index contributed by atoms with van der Waals surface area (Å²) in [5.41, 5.74) is 0.466. The SMILES string of the molecule is Cc1nnc(-c2ccc(C=O)c(F)c2)o1. The van der Waals surface area contributed by atoms with Crippen LogP contribution in [0.4, 0.5) is 4.39 Å². The Bertz CT molecular complexity index is 508. The smallest absolute Gasteiger partial charge is 0.247 e. The van der Waals surface area contributed by atoms with Crippen LogP contribution in [0, 0.1) is 12.7 Å². The van der Waals surface area contributed by atoms with Gasteiger partial charge in [-0.2, -0.15) is 0 Å². The summed E-state index contributed by atoms with van der Waals surface area (Å²) in [5, 5.41) is 7.37. The molecule has 0 aliphatic heterocycles. The standard InChI is InChI=1S/C10H7FN2O2/c1-6-12-13-10(15-6)7-2-3-8(5-14)9(11)4-7/h2-5H,1H3. The molecule has 0 amide bonds. The molecule has 1 heterocycles. The van der Waals surface area contributed by atoms with Crippen LogP contribution in [0.25, 0.3) is 11.5 Å². The zero-order valence-corrected chi connectivity index (χ0v) is 7.90. The van der Waals surface area contributed by atoms with Gasteiger partial charge in [0.2, 0.25) is 11.8 Å². The number of carbonyl (C=O) groups is 1. The van der Waals surface area contributed by atoms with E-state index in [1.165, 1.54) is 12.1 Å². The molecule has 76 valence electrons. The van der Waals surface area contributed by atoms with Gasteiger partial charge in [-0.3, -0.25) is 4.79 Å². The second-order valence-corrected chi connectivity index (χ2v) is 2.98. The zero-order chi connectivity index (χ0) is 10.8. The summed E-state index contributed by atoms with van der Waals surface area (Å²) in [5.74, 6) is 0.0482. The van der Waals surface area contributed by atoms with Crippen molar-refractivity contribution in [2.24, 2.45) is 0 Å². The van der Waals surface area contributed by atoms with Crippen LogP contribution in [-0.4, -0.2) is 16.5 Å². The molecule has 0 atom stereocenters. The summed E-state index contributed by atoms with van der Waals surface area (Å²) in [4.78, 5) is 10.4. The third-order valence-corrected chi connectivity index (χ3v) is 1.90. The van der Waals surface area contributed by atoms with Gasteiger partial charge in [-0.25, -0.2) is 4.39 Å². The molecular formula is C10H7FN2O2. The van der Waals surface area contributed by atoms with Crippen molar-refractivity contribution in [3.63, 3.8) is 0 Å². The van der Waals surface area contributed by atoms with Crippen molar-refractivity contribution < 1.29 is 13.6 Å². The highest BCUT2D eigenvalue weighted by Crippen LogP contribution is 2.19. The van der Waals surface area contributed by atoms with E-state index < -0.39 is 5.82 Å². The Labute approximate surface area is 84.7 Å². The number of nitrogens with zero attached hydrogens (tertiary/aromatic N) is 2. The average Bonchev–Trinajstić information content (AvgIpc) is 2.65. The number of halogens is 1. The maximum absolute atomic E-state index is 13.2. The Kier molecular flexibility index (Phi) is 2.29. The molecule has 4 nitrogen and oxygen atoms in total. The number of aldehydes is 1. The second kappa shape index (κ2) is 3.61. The Hall–Kier alpha value is -2.04. The summed E-state index contributed by atoms with van der Waals surface area (Å²) in [7, 11) is 0. The maximum atomic E-state index is 13.2. The minimum atomic E-state index is -0.599. The monoisotopic (exact) mass is 206 g/mol. The minimum absolute atomic E-state index is 0.00925. The Balaban J connectivity index is 2.46. The first kappa shape index (κ1) is 9.51. The Morgan fingerprint density at radius 1 is 1.40 bits per heavy atom. The first-order valence-electron chi connectivity index (χ1n) is 4.26. The van der Waals surface area contributed by atoms with Crippen molar-refractivity contribution in [1.29, 1.82) is 0 Å². The van der Waals surface area contributed by atoms with Gasteiger partial charge >= 0.3 is 0 Å². The fourth-order valence-electron chi connectivity index (χ4n) is 1.17. The van der Waals surface area contributed by atoms with Crippen LogP contribution in [0.3, 0.4) is 0 Å². The van der Waals surface area contributed by atoms with E-state index in [4.69, 9.17) is 4.42 Å². The van der Waals surface area contributed by atoms with Gasteiger partial charge in [0, 0.05) is 12.5 Å². The van der Waals surface area contributed by atoms with Gasteiger partial charge < -0.3 is 4.42 Å². The molecule has 5 heteroatoms. The van der Waals surface area contributed by atoms with Crippen molar-refractivity contribution in [2.75, 3.05) is 0 Å². The molecule has 0 radical (unpaired) electrons. The molecule has 2 rings (SSSR count). The van der Waals surface area contributed by atoms with E-state index in [1.54, 1.807) is 13.0 Å². The summed E-state index contributed by atoms with van der Waals surface area (Å²) >= 11 is 0. The van der Waals surface area contributed by atoms with Crippen molar-refractivity contribution in [3.05, 3.63) is 35.5 Å².